The molecular formula is C12H16FNO3. The maximum absolute atomic E-state index is 12.8. The van der Waals surface area contributed by atoms with E-state index in [2.05, 4.69) is 5.48 Å². The van der Waals surface area contributed by atoms with Gasteiger partial charge in [-0.3, -0.25) is 9.63 Å². The van der Waals surface area contributed by atoms with Crippen molar-refractivity contribution in [2.45, 2.75) is 26.4 Å². The first kappa shape index (κ1) is 13.4. The maximum Gasteiger partial charge on any atom is 0.281 e. The van der Waals surface area contributed by atoms with Gasteiger partial charge in [0.05, 0.1) is 5.60 Å². The molecule has 0 aliphatic carbocycles. The summed E-state index contributed by atoms with van der Waals surface area (Å²) in [6, 6.07) is 5.59. The molecular weight excluding hydrogens is 225 g/mol. The van der Waals surface area contributed by atoms with E-state index in [1.165, 1.54) is 18.2 Å². The minimum absolute atomic E-state index is 0.223. The van der Waals surface area contributed by atoms with Crippen LogP contribution in [0.5, 0.6) is 5.75 Å². The van der Waals surface area contributed by atoms with E-state index in [1.807, 2.05) is 0 Å². The molecule has 5 heteroatoms. The van der Waals surface area contributed by atoms with Crippen molar-refractivity contribution in [1.82, 2.24) is 5.48 Å². The quantitative estimate of drug-likeness (QED) is 0.821. The molecule has 0 saturated carbocycles. The molecule has 0 unspecified atom stereocenters. The Bertz CT molecular complexity index is 388. The molecule has 4 nitrogen and oxygen atoms in total. The zero-order valence-corrected chi connectivity index (χ0v) is 10.1. The van der Waals surface area contributed by atoms with Crippen LogP contribution in [0.3, 0.4) is 0 Å². The third-order valence-corrected chi connectivity index (χ3v) is 1.64. The number of carbonyl (C=O) groups excluding carboxylic acids is 1. The SMILES string of the molecule is CC(C)(C)ONC(=O)COc1cccc(F)c1. The average Bonchev–Trinajstić information content (AvgIpc) is 2.23. The molecule has 1 aromatic carbocycles. The average molecular weight is 241 g/mol. The molecule has 0 bridgehead atoms. The Hall–Kier alpha value is -1.62. The minimum Gasteiger partial charge on any atom is -0.484 e. The van der Waals surface area contributed by atoms with E-state index in [-0.39, 0.29) is 6.61 Å². The Morgan fingerprint density at radius 1 is 1.41 bits per heavy atom. The van der Waals surface area contributed by atoms with Crippen molar-refractivity contribution in [1.29, 1.82) is 0 Å². The smallest absolute Gasteiger partial charge is 0.281 e. The van der Waals surface area contributed by atoms with Gasteiger partial charge in [-0.05, 0) is 32.9 Å². The highest BCUT2D eigenvalue weighted by Crippen LogP contribution is 2.11. The summed E-state index contributed by atoms with van der Waals surface area (Å²) in [7, 11) is 0. The van der Waals surface area contributed by atoms with Gasteiger partial charge in [0.15, 0.2) is 6.61 Å². The number of hydrogen-bond acceptors (Lipinski definition) is 3. The van der Waals surface area contributed by atoms with E-state index in [4.69, 9.17) is 9.57 Å². The van der Waals surface area contributed by atoms with Crippen LogP contribution in [0.4, 0.5) is 4.39 Å². The first-order chi connectivity index (χ1) is 7.87. The number of hydroxylamine groups is 1. The van der Waals surface area contributed by atoms with Crippen LogP contribution in [0.2, 0.25) is 0 Å². The summed E-state index contributed by atoms with van der Waals surface area (Å²) in [5.41, 5.74) is 1.79. The Labute approximate surface area is 99.7 Å². The minimum atomic E-state index is -0.464. The van der Waals surface area contributed by atoms with Gasteiger partial charge in [-0.25, -0.2) is 9.87 Å². The first-order valence-corrected chi connectivity index (χ1v) is 5.22. The molecule has 0 aliphatic rings. The molecule has 0 aliphatic heterocycles. The van der Waals surface area contributed by atoms with Crippen LogP contribution in [0.1, 0.15) is 20.8 Å². The normalized spacial score (nSPS) is 11.1. The number of amides is 1. The van der Waals surface area contributed by atoms with Gasteiger partial charge in [0.1, 0.15) is 11.6 Å². The molecule has 0 radical (unpaired) electrons. The molecule has 0 spiro atoms. The molecule has 0 saturated heterocycles. The lowest BCUT2D eigenvalue weighted by Crippen LogP contribution is -2.36. The fraction of sp³-hybridized carbons (Fsp3) is 0.417. The van der Waals surface area contributed by atoms with Crippen LogP contribution in [-0.2, 0) is 9.63 Å². The van der Waals surface area contributed by atoms with Crippen LogP contribution < -0.4 is 10.2 Å². The number of halogens is 1. The van der Waals surface area contributed by atoms with E-state index < -0.39 is 17.3 Å². The van der Waals surface area contributed by atoms with Crippen LogP contribution in [0.25, 0.3) is 0 Å². The van der Waals surface area contributed by atoms with Crippen molar-refractivity contribution in [3.8, 4) is 5.75 Å². The van der Waals surface area contributed by atoms with Crippen LogP contribution in [0.15, 0.2) is 24.3 Å². The van der Waals surface area contributed by atoms with Gasteiger partial charge in [0.2, 0.25) is 0 Å². The van der Waals surface area contributed by atoms with Crippen molar-refractivity contribution < 1.29 is 18.8 Å². The summed E-state index contributed by atoms with van der Waals surface area (Å²) in [4.78, 5) is 16.3. The molecule has 0 atom stereocenters. The van der Waals surface area contributed by atoms with Gasteiger partial charge in [0, 0.05) is 6.07 Å². The van der Waals surface area contributed by atoms with Crippen molar-refractivity contribution in [2.24, 2.45) is 0 Å². The molecule has 0 heterocycles. The first-order valence-electron chi connectivity index (χ1n) is 5.22. The highest BCUT2D eigenvalue weighted by Gasteiger charge is 2.13. The Morgan fingerprint density at radius 3 is 2.71 bits per heavy atom. The van der Waals surface area contributed by atoms with Crippen LogP contribution >= 0.6 is 0 Å². The summed E-state index contributed by atoms with van der Waals surface area (Å²) in [5, 5.41) is 0. The van der Waals surface area contributed by atoms with Gasteiger partial charge >= 0.3 is 0 Å². The standard InChI is InChI=1S/C12H16FNO3/c1-12(2,3)17-14-11(15)8-16-10-6-4-5-9(13)7-10/h4-7H,8H2,1-3H3,(H,14,15). The molecule has 94 valence electrons. The van der Waals surface area contributed by atoms with Gasteiger partial charge in [-0.15, -0.1) is 0 Å². The zero-order chi connectivity index (χ0) is 12.9. The summed E-state index contributed by atoms with van der Waals surface area (Å²) in [5.74, 6) is -0.533. The molecule has 1 N–H and O–H groups in total. The Balaban J connectivity index is 2.33. The predicted molar refractivity (Wildman–Crippen MR) is 60.9 cm³/mol. The third kappa shape index (κ3) is 5.87. The van der Waals surface area contributed by atoms with Crippen molar-refractivity contribution >= 4 is 5.91 Å². The maximum atomic E-state index is 12.8. The van der Waals surface area contributed by atoms with E-state index in [9.17, 15) is 9.18 Å². The zero-order valence-electron chi connectivity index (χ0n) is 10.1. The van der Waals surface area contributed by atoms with Crippen molar-refractivity contribution in [3.63, 3.8) is 0 Å². The lowest BCUT2D eigenvalue weighted by molar-refractivity contribution is -0.147. The Kier molecular flexibility index (Phi) is 4.45. The second-order valence-corrected chi connectivity index (χ2v) is 4.49. The summed E-state index contributed by atoms with van der Waals surface area (Å²) in [6.07, 6.45) is 0. The third-order valence-electron chi connectivity index (χ3n) is 1.64. The van der Waals surface area contributed by atoms with Crippen LogP contribution in [0, 0.1) is 5.82 Å². The van der Waals surface area contributed by atoms with Gasteiger partial charge in [-0.1, -0.05) is 6.07 Å². The topological polar surface area (TPSA) is 47.6 Å². The molecule has 1 amide bonds. The lowest BCUT2D eigenvalue weighted by atomic mass is 10.2. The number of ether oxygens (including phenoxy) is 1. The molecule has 0 aromatic heterocycles. The van der Waals surface area contributed by atoms with Gasteiger partial charge in [0.25, 0.3) is 5.91 Å². The second-order valence-electron chi connectivity index (χ2n) is 4.49. The van der Waals surface area contributed by atoms with Crippen LogP contribution in [-0.4, -0.2) is 18.1 Å². The number of benzene rings is 1. The highest BCUT2D eigenvalue weighted by atomic mass is 19.1. The fourth-order valence-electron chi connectivity index (χ4n) is 0.945. The number of hydrogen-bond donors (Lipinski definition) is 1. The van der Waals surface area contributed by atoms with E-state index in [1.54, 1.807) is 26.8 Å². The lowest BCUT2D eigenvalue weighted by Gasteiger charge is -2.18. The highest BCUT2D eigenvalue weighted by molar-refractivity contribution is 5.76. The summed E-state index contributed by atoms with van der Waals surface area (Å²) < 4.78 is 17.9. The second kappa shape index (κ2) is 5.63. The molecule has 17 heavy (non-hydrogen) atoms. The molecule has 0 fully saturated rings. The number of carbonyl (C=O) groups is 1. The monoisotopic (exact) mass is 241 g/mol. The van der Waals surface area contributed by atoms with E-state index >= 15 is 0 Å². The number of rotatable bonds is 4. The van der Waals surface area contributed by atoms with E-state index in [0.29, 0.717) is 5.75 Å². The summed E-state index contributed by atoms with van der Waals surface area (Å²) >= 11 is 0. The molecule has 1 aromatic rings. The van der Waals surface area contributed by atoms with Gasteiger partial charge in [-0.2, -0.15) is 0 Å². The fourth-order valence-corrected chi connectivity index (χ4v) is 0.945. The van der Waals surface area contributed by atoms with E-state index in [0.717, 1.165) is 0 Å². The predicted octanol–water partition coefficient (Wildman–Crippen LogP) is 2.05. The Morgan fingerprint density at radius 2 is 2.12 bits per heavy atom. The molecule has 1 rings (SSSR count). The largest absolute Gasteiger partial charge is 0.484 e. The summed E-state index contributed by atoms with van der Waals surface area (Å²) in [6.45, 7) is 5.20. The van der Waals surface area contributed by atoms with Gasteiger partial charge < -0.3 is 4.74 Å². The van der Waals surface area contributed by atoms with Crippen molar-refractivity contribution in [3.05, 3.63) is 30.1 Å². The number of nitrogens with one attached hydrogen (secondary N) is 1. The van der Waals surface area contributed by atoms with Crippen molar-refractivity contribution in [2.75, 3.05) is 6.61 Å².